The second kappa shape index (κ2) is 7.43. The van der Waals surface area contributed by atoms with E-state index in [4.69, 9.17) is 0 Å². The summed E-state index contributed by atoms with van der Waals surface area (Å²) in [6, 6.07) is 7.97. The highest BCUT2D eigenvalue weighted by Gasteiger charge is 2.34. The maximum Gasteiger partial charge on any atom is 0.243 e. The average molecular weight is 302 g/mol. The van der Waals surface area contributed by atoms with Gasteiger partial charge in [-0.3, -0.25) is 9.59 Å². The Labute approximate surface area is 132 Å². The van der Waals surface area contributed by atoms with Gasteiger partial charge in [-0.2, -0.15) is 0 Å². The van der Waals surface area contributed by atoms with E-state index < -0.39 is 0 Å². The molecule has 2 rings (SSSR count). The third kappa shape index (κ3) is 3.87. The molecule has 0 aliphatic carbocycles. The first-order valence-electron chi connectivity index (χ1n) is 8.19. The van der Waals surface area contributed by atoms with Crippen LogP contribution in [0, 0.1) is 5.92 Å². The van der Waals surface area contributed by atoms with Gasteiger partial charge in [-0.25, -0.2) is 0 Å². The van der Waals surface area contributed by atoms with Gasteiger partial charge in [0.1, 0.15) is 6.04 Å². The fourth-order valence-corrected chi connectivity index (χ4v) is 2.83. The first kappa shape index (κ1) is 16.5. The minimum Gasteiger partial charge on any atom is -0.350 e. The molecule has 0 radical (unpaired) electrons. The van der Waals surface area contributed by atoms with Crippen LogP contribution in [0.3, 0.4) is 0 Å². The van der Waals surface area contributed by atoms with Crippen molar-refractivity contribution in [2.24, 2.45) is 5.92 Å². The van der Waals surface area contributed by atoms with Crippen LogP contribution in [0.15, 0.2) is 24.3 Å². The van der Waals surface area contributed by atoms with Gasteiger partial charge in [0.15, 0.2) is 0 Å². The van der Waals surface area contributed by atoms with Gasteiger partial charge in [0.05, 0.1) is 0 Å². The van der Waals surface area contributed by atoms with Crippen LogP contribution in [0.5, 0.6) is 0 Å². The average Bonchev–Trinajstić information content (AvgIpc) is 3.01. The number of hydrogen-bond donors (Lipinski definition) is 1. The van der Waals surface area contributed by atoms with Crippen LogP contribution in [0.25, 0.3) is 0 Å². The van der Waals surface area contributed by atoms with Crippen LogP contribution >= 0.6 is 0 Å². The van der Waals surface area contributed by atoms with Gasteiger partial charge >= 0.3 is 0 Å². The van der Waals surface area contributed by atoms with Crippen molar-refractivity contribution >= 4 is 11.8 Å². The normalized spacial score (nSPS) is 17.8. The molecule has 1 fully saturated rings. The first-order valence-corrected chi connectivity index (χ1v) is 8.19. The molecule has 1 aromatic rings. The summed E-state index contributed by atoms with van der Waals surface area (Å²) in [4.78, 5) is 26.3. The number of carbonyl (C=O) groups is 2. The minimum atomic E-state index is -0.301. The van der Waals surface area contributed by atoms with E-state index in [0.29, 0.717) is 13.1 Å². The molecule has 0 bridgehead atoms. The second-order valence-electron chi connectivity index (χ2n) is 6.23. The number of carbonyl (C=O) groups excluding carboxylic acids is 2. The largest absolute Gasteiger partial charge is 0.350 e. The van der Waals surface area contributed by atoms with E-state index in [2.05, 4.69) is 24.4 Å². The molecular formula is C18H26N2O2. The zero-order valence-electron chi connectivity index (χ0n) is 13.8. The molecule has 2 amide bonds. The number of likely N-dealkylation sites (tertiary alicyclic amines) is 1. The van der Waals surface area contributed by atoms with Crippen LogP contribution in [-0.2, 0) is 22.6 Å². The number of amides is 2. The van der Waals surface area contributed by atoms with E-state index in [1.165, 1.54) is 5.56 Å². The summed E-state index contributed by atoms with van der Waals surface area (Å²) in [7, 11) is 0. The topological polar surface area (TPSA) is 49.4 Å². The lowest BCUT2D eigenvalue weighted by atomic mass is 10.1. The zero-order chi connectivity index (χ0) is 16.1. The van der Waals surface area contributed by atoms with E-state index in [0.717, 1.165) is 24.8 Å². The van der Waals surface area contributed by atoms with Gasteiger partial charge in [0.2, 0.25) is 11.8 Å². The van der Waals surface area contributed by atoms with Crippen LogP contribution in [0.1, 0.15) is 44.7 Å². The van der Waals surface area contributed by atoms with Crippen molar-refractivity contribution < 1.29 is 9.59 Å². The molecule has 1 saturated heterocycles. The SMILES string of the molecule is CCc1ccc(CNC(=O)C2CCCN2C(=O)C(C)C)cc1. The third-order valence-electron chi connectivity index (χ3n) is 4.23. The fourth-order valence-electron chi connectivity index (χ4n) is 2.83. The monoisotopic (exact) mass is 302 g/mol. The maximum atomic E-state index is 12.4. The number of nitrogens with zero attached hydrogens (tertiary/aromatic N) is 1. The summed E-state index contributed by atoms with van der Waals surface area (Å²) in [5.41, 5.74) is 2.38. The molecule has 1 aliphatic heterocycles. The van der Waals surface area contributed by atoms with Crippen molar-refractivity contribution in [3.63, 3.8) is 0 Å². The van der Waals surface area contributed by atoms with Crippen molar-refractivity contribution in [3.05, 3.63) is 35.4 Å². The smallest absolute Gasteiger partial charge is 0.243 e. The molecular weight excluding hydrogens is 276 g/mol. The Bertz CT molecular complexity index is 522. The number of benzene rings is 1. The predicted octanol–water partition coefficient (Wildman–Crippen LogP) is 2.51. The van der Waals surface area contributed by atoms with E-state index in [9.17, 15) is 9.59 Å². The Morgan fingerprint density at radius 1 is 1.23 bits per heavy atom. The molecule has 1 atom stereocenters. The zero-order valence-corrected chi connectivity index (χ0v) is 13.8. The Kier molecular flexibility index (Phi) is 5.58. The molecule has 1 unspecified atom stereocenters. The molecule has 120 valence electrons. The quantitative estimate of drug-likeness (QED) is 0.908. The minimum absolute atomic E-state index is 0.0360. The number of hydrogen-bond acceptors (Lipinski definition) is 2. The molecule has 1 heterocycles. The lowest BCUT2D eigenvalue weighted by Crippen LogP contribution is -2.47. The van der Waals surface area contributed by atoms with Gasteiger partial charge < -0.3 is 10.2 Å². The van der Waals surface area contributed by atoms with Gasteiger partial charge in [0.25, 0.3) is 0 Å². The van der Waals surface area contributed by atoms with Crippen molar-refractivity contribution in [3.8, 4) is 0 Å². The summed E-state index contributed by atoms with van der Waals surface area (Å²) in [5, 5.41) is 2.97. The first-order chi connectivity index (χ1) is 10.5. The van der Waals surface area contributed by atoms with Crippen LogP contribution in [0.2, 0.25) is 0 Å². The molecule has 4 heteroatoms. The lowest BCUT2D eigenvalue weighted by molar-refractivity contribution is -0.140. The van der Waals surface area contributed by atoms with Crippen LogP contribution in [0.4, 0.5) is 0 Å². The molecule has 22 heavy (non-hydrogen) atoms. The van der Waals surface area contributed by atoms with Crippen LogP contribution in [-0.4, -0.2) is 29.3 Å². The molecule has 0 saturated carbocycles. The lowest BCUT2D eigenvalue weighted by Gasteiger charge is -2.25. The van der Waals surface area contributed by atoms with E-state index >= 15 is 0 Å². The standard InChI is InChI=1S/C18H26N2O2/c1-4-14-7-9-15(10-8-14)12-19-17(21)16-6-5-11-20(16)18(22)13(2)3/h7-10,13,16H,4-6,11-12H2,1-3H3,(H,19,21). The van der Waals surface area contributed by atoms with E-state index in [1.54, 1.807) is 4.90 Å². The van der Waals surface area contributed by atoms with Crippen molar-refractivity contribution in [2.75, 3.05) is 6.54 Å². The highest BCUT2D eigenvalue weighted by Crippen LogP contribution is 2.20. The molecule has 4 nitrogen and oxygen atoms in total. The molecule has 0 spiro atoms. The molecule has 1 aromatic carbocycles. The molecule has 0 aromatic heterocycles. The maximum absolute atomic E-state index is 12.4. The summed E-state index contributed by atoms with van der Waals surface area (Å²) in [6.45, 7) is 7.09. The summed E-state index contributed by atoms with van der Waals surface area (Å²) in [5.74, 6) is -0.0222. The number of aryl methyl sites for hydroxylation is 1. The molecule has 1 aliphatic rings. The number of nitrogens with one attached hydrogen (secondary N) is 1. The predicted molar refractivity (Wildman–Crippen MR) is 87.2 cm³/mol. The molecule has 1 N–H and O–H groups in total. The van der Waals surface area contributed by atoms with Crippen molar-refractivity contribution in [2.45, 2.75) is 52.6 Å². The Balaban J connectivity index is 1.92. The highest BCUT2D eigenvalue weighted by atomic mass is 16.2. The van der Waals surface area contributed by atoms with Crippen LogP contribution < -0.4 is 5.32 Å². The number of rotatable bonds is 5. The summed E-state index contributed by atoms with van der Waals surface area (Å²) < 4.78 is 0. The third-order valence-corrected chi connectivity index (χ3v) is 4.23. The van der Waals surface area contributed by atoms with E-state index in [-0.39, 0.29) is 23.8 Å². The van der Waals surface area contributed by atoms with Gasteiger partial charge in [-0.1, -0.05) is 45.0 Å². The fraction of sp³-hybridized carbons (Fsp3) is 0.556. The van der Waals surface area contributed by atoms with Gasteiger partial charge in [-0.15, -0.1) is 0 Å². The van der Waals surface area contributed by atoms with Crippen molar-refractivity contribution in [1.29, 1.82) is 0 Å². The van der Waals surface area contributed by atoms with Gasteiger partial charge in [0, 0.05) is 19.0 Å². The van der Waals surface area contributed by atoms with Crippen molar-refractivity contribution in [1.82, 2.24) is 10.2 Å². The Hall–Kier alpha value is -1.84. The second-order valence-corrected chi connectivity index (χ2v) is 6.23. The van der Waals surface area contributed by atoms with E-state index in [1.807, 2.05) is 26.0 Å². The summed E-state index contributed by atoms with van der Waals surface area (Å²) >= 11 is 0. The highest BCUT2D eigenvalue weighted by molar-refractivity contribution is 5.88. The summed E-state index contributed by atoms with van der Waals surface area (Å²) in [6.07, 6.45) is 2.68. The Morgan fingerprint density at radius 3 is 2.45 bits per heavy atom. The Morgan fingerprint density at radius 2 is 1.86 bits per heavy atom. The van der Waals surface area contributed by atoms with Gasteiger partial charge in [-0.05, 0) is 30.4 Å².